The Kier molecular flexibility index (Phi) is 5.03. The Morgan fingerprint density at radius 1 is 1.19 bits per heavy atom. The lowest BCUT2D eigenvalue weighted by molar-refractivity contribution is -0.142. The zero-order valence-electron chi connectivity index (χ0n) is 13.7. The number of ether oxygens (including phenoxy) is 1. The Balaban J connectivity index is 1.65. The highest BCUT2D eigenvalue weighted by Gasteiger charge is 2.43. The molecule has 0 aromatic carbocycles. The minimum absolute atomic E-state index is 0.152. The molecule has 3 unspecified atom stereocenters. The molecular formula is C19H32O2. The Morgan fingerprint density at radius 3 is 2.76 bits per heavy atom. The maximum Gasteiger partial charge on any atom is 0.136 e. The van der Waals surface area contributed by atoms with Crippen molar-refractivity contribution < 1.29 is 9.53 Å². The molecule has 3 atom stereocenters. The Labute approximate surface area is 130 Å². The van der Waals surface area contributed by atoms with Crippen LogP contribution < -0.4 is 0 Å². The molecule has 21 heavy (non-hydrogen) atoms. The van der Waals surface area contributed by atoms with Gasteiger partial charge in [0.15, 0.2) is 0 Å². The molecule has 120 valence electrons. The van der Waals surface area contributed by atoms with Crippen molar-refractivity contribution in [1.29, 1.82) is 0 Å². The van der Waals surface area contributed by atoms with E-state index in [1.54, 1.807) is 0 Å². The molecule has 2 saturated carbocycles. The molecule has 1 spiro atoms. The smallest absolute Gasteiger partial charge is 0.136 e. The van der Waals surface area contributed by atoms with Crippen molar-refractivity contribution >= 4 is 5.78 Å². The molecule has 0 bridgehead atoms. The van der Waals surface area contributed by atoms with E-state index >= 15 is 0 Å². The molecule has 0 radical (unpaired) electrons. The second-order valence-electron chi connectivity index (χ2n) is 7.85. The lowest BCUT2D eigenvalue weighted by atomic mass is 9.66. The van der Waals surface area contributed by atoms with Crippen LogP contribution in [0.25, 0.3) is 0 Å². The SMILES string of the molecule is CCCC1CCC(=O)C(C2CCOC3(CCCCC3)C2)C1. The Hall–Kier alpha value is -0.370. The average Bonchev–Trinajstić information content (AvgIpc) is 2.50. The van der Waals surface area contributed by atoms with Gasteiger partial charge >= 0.3 is 0 Å². The number of rotatable bonds is 3. The van der Waals surface area contributed by atoms with E-state index in [9.17, 15) is 4.79 Å². The number of Topliss-reactive ketones (excluding diaryl/α,β-unsaturated/α-hetero) is 1. The van der Waals surface area contributed by atoms with Gasteiger partial charge in [0.05, 0.1) is 5.60 Å². The zero-order valence-corrected chi connectivity index (χ0v) is 13.7. The van der Waals surface area contributed by atoms with Crippen molar-refractivity contribution in [2.75, 3.05) is 6.61 Å². The lowest BCUT2D eigenvalue weighted by Gasteiger charge is -2.46. The predicted molar refractivity (Wildman–Crippen MR) is 85.2 cm³/mol. The van der Waals surface area contributed by atoms with Crippen LogP contribution in [0.2, 0.25) is 0 Å². The first kappa shape index (κ1) is 15.5. The van der Waals surface area contributed by atoms with E-state index in [-0.39, 0.29) is 5.60 Å². The molecule has 0 N–H and O–H groups in total. The third-order valence-corrected chi connectivity index (χ3v) is 6.36. The van der Waals surface area contributed by atoms with Crippen LogP contribution in [0.3, 0.4) is 0 Å². The molecule has 3 rings (SSSR count). The Morgan fingerprint density at radius 2 is 2.00 bits per heavy atom. The number of ketones is 1. The third-order valence-electron chi connectivity index (χ3n) is 6.36. The minimum Gasteiger partial charge on any atom is -0.375 e. The molecule has 2 heteroatoms. The fourth-order valence-corrected chi connectivity index (χ4v) is 5.22. The molecular weight excluding hydrogens is 260 g/mol. The van der Waals surface area contributed by atoms with E-state index in [0.29, 0.717) is 17.6 Å². The highest BCUT2D eigenvalue weighted by molar-refractivity contribution is 5.82. The molecule has 2 aliphatic carbocycles. The summed E-state index contributed by atoms with van der Waals surface area (Å²) in [5, 5.41) is 0. The van der Waals surface area contributed by atoms with Gasteiger partial charge in [0.1, 0.15) is 5.78 Å². The van der Waals surface area contributed by atoms with Gasteiger partial charge in [0.2, 0.25) is 0 Å². The molecule has 3 fully saturated rings. The van der Waals surface area contributed by atoms with Gasteiger partial charge in [0, 0.05) is 18.9 Å². The van der Waals surface area contributed by atoms with E-state index in [0.717, 1.165) is 31.8 Å². The maximum absolute atomic E-state index is 12.5. The summed E-state index contributed by atoms with van der Waals surface area (Å²) in [7, 11) is 0. The lowest BCUT2D eigenvalue weighted by Crippen LogP contribution is -2.45. The van der Waals surface area contributed by atoms with Crippen molar-refractivity contribution in [2.45, 2.75) is 89.6 Å². The highest BCUT2D eigenvalue weighted by Crippen LogP contribution is 2.45. The van der Waals surface area contributed by atoms with Gasteiger partial charge in [-0.05, 0) is 50.4 Å². The highest BCUT2D eigenvalue weighted by atomic mass is 16.5. The average molecular weight is 292 g/mol. The fraction of sp³-hybridized carbons (Fsp3) is 0.947. The molecule has 3 aliphatic rings. The molecule has 0 aromatic heterocycles. The molecule has 0 amide bonds. The topological polar surface area (TPSA) is 26.3 Å². The van der Waals surface area contributed by atoms with E-state index < -0.39 is 0 Å². The number of hydrogen-bond acceptors (Lipinski definition) is 2. The quantitative estimate of drug-likeness (QED) is 0.739. The standard InChI is InChI=1S/C19H32O2/c1-2-6-15-7-8-18(20)17(13-15)16-9-12-21-19(14-16)10-4-3-5-11-19/h15-17H,2-14H2,1H3. The summed E-state index contributed by atoms with van der Waals surface area (Å²) >= 11 is 0. The van der Waals surface area contributed by atoms with Crippen LogP contribution >= 0.6 is 0 Å². The number of carbonyl (C=O) groups is 1. The van der Waals surface area contributed by atoms with Crippen LogP contribution in [0, 0.1) is 17.8 Å². The van der Waals surface area contributed by atoms with E-state index in [1.807, 2.05) is 0 Å². The summed E-state index contributed by atoms with van der Waals surface area (Å²) in [5.74, 6) is 2.35. The van der Waals surface area contributed by atoms with Crippen molar-refractivity contribution in [3.05, 3.63) is 0 Å². The second-order valence-corrected chi connectivity index (χ2v) is 7.85. The largest absolute Gasteiger partial charge is 0.375 e. The molecule has 0 aromatic rings. The predicted octanol–water partition coefficient (Wildman–Crippen LogP) is 4.90. The molecule has 2 nitrogen and oxygen atoms in total. The van der Waals surface area contributed by atoms with E-state index in [4.69, 9.17) is 4.74 Å². The van der Waals surface area contributed by atoms with Crippen LogP contribution in [0.4, 0.5) is 0 Å². The minimum atomic E-state index is 0.152. The van der Waals surface area contributed by atoms with Crippen LogP contribution in [-0.4, -0.2) is 18.0 Å². The van der Waals surface area contributed by atoms with Crippen LogP contribution in [0.15, 0.2) is 0 Å². The summed E-state index contributed by atoms with van der Waals surface area (Å²) in [6, 6.07) is 0. The van der Waals surface area contributed by atoms with Crippen LogP contribution in [0.1, 0.15) is 84.0 Å². The maximum atomic E-state index is 12.5. The molecule has 1 heterocycles. The first-order chi connectivity index (χ1) is 10.2. The van der Waals surface area contributed by atoms with Crippen molar-refractivity contribution in [2.24, 2.45) is 17.8 Å². The van der Waals surface area contributed by atoms with Gasteiger partial charge in [-0.25, -0.2) is 0 Å². The van der Waals surface area contributed by atoms with Crippen molar-refractivity contribution in [3.8, 4) is 0 Å². The van der Waals surface area contributed by atoms with Crippen molar-refractivity contribution in [3.63, 3.8) is 0 Å². The van der Waals surface area contributed by atoms with Crippen molar-refractivity contribution in [1.82, 2.24) is 0 Å². The fourth-order valence-electron chi connectivity index (χ4n) is 5.22. The number of hydrogen-bond donors (Lipinski definition) is 0. The molecule has 1 saturated heterocycles. The summed E-state index contributed by atoms with van der Waals surface area (Å²) in [5.41, 5.74) is 0.152. The number of carbonyl (C=O) groups excluding carboxylic acids is 1. The molecule has 1 aliphatic heterocycles. The first-order valence-electron chi connectivity index (χ1n) is 9.39. The summed E-state index contributed by atoms with van der Waals surface area (Å²) in [6.07, 6.45) is 14.5. The van der Waals surface area contributed by atoms with Gasteiger partial charge in [-0.15, -0.1) is 0 Å². The normalized spacial score (nSPS) is 36.8. The third kappa shape index (κ3) is 3.52. The summed E-state index contributed by atoms with van der Waals surface area (Å²) < 4.78 is 6.23. The second kappa shape index (κ2) is 6.81. The van der Waals surface area contributed by atoms with Crippen LogP contribution in [0.5, 0.6) is 0 Å². The zero-order chi connectivity index (χ0) is 14.7. The van der Waals surface area contributed by atoms with Gasteiger partial charge in [-0.2, -0.15) is 0 Å². The van der Waals surface area contributed by atoms with Gasteiger partial charge in [-0.3, -0.25) is 4.79 Å². The summed E-state index contributed by atoms with van der Waals surface area (Å²) in [4.78, 5) is 12.5. The van der Waals surface area contributed by atoms with Gasteiger partial charge in [0.25, 0.3) is 0 Å². The van der Waals surface area contributed by atoms with E-state index in [2.05, 4.69) is 6.92 Å². The first-order valence-corrected chi connectivity index (χ1v) is 9.39. The van der Waals surface area contributed by atoms with Crippen LogP contribution in [-0.2, 0) is 9.53 Å². The summed E-state index contributed by atoms with van der Waals surface area (Å²) in [6.45, 7) is 3.17. The Bertz CT molecular complexity index is 351. The monoisotopic (exact) mass is 292 g/mol. The van der Waals surface area contributed by atoms with E-state index in [1.165, 1.54) is 57.8 Å². The van der Waals surface area contributed by atoms with Gasteiger partial charge in [-0.1, -0.05) is 39.0 Å². The van der Waals surface area contributed by atoms with Gasteiger partial charge < -0.3 is 4.74 Å².